The number of nitrogens with zero attached hydrogens (tertiary/aromatic N) is 3. The molecule has 0 saturated carbocycles. The zero-order valence-electron chi connectivity index (χ0n) is 11.3. The Morgan fingerprint density at radius 1 is 1.38 bits per heavy atom. The van der Waals surface area contributed by atoms with Gasteiger partial charge in [-0.2, -0.15) is 0 Å². The molecule has 1 aliphatic rings. The molecule has 0 spiro atoms. The zero-order valence-corrected chi connectivity index (χ0v) is 12.1. The van der Waals surface area contributed by atoms with Gasteiger partial charge >= 0.3 is 5.97 Å². The largest absolute Gasteiger partial charge is 0.490 e. The molecule has 0 unspecified atom stereocenters. The summed E-state index contributed by atoms with van der Waals surface area (Å²) in [5.74, 6) is 0.0473. The monoisotopic (exact) mass is 303 g/mol. The second-order valence-electron chi connectivity index (χ2n) is 4.40. The van der Waals surface area contributed by atoms with Crippen molar-refractivity contribution in [2.24, 2.45) is 0 Å². The van der Waals surface area contributed by atoms with Gasteiger partial charge in [-0.25, -0.2) is 4.79 Å². The van der Waals surface area contributed by atoms with Crippen molar-refractivity contribution in [2.75, 3.05) is 24.3 Å². The van der Waals surface area contributed by atoms with E-state index >= 15 is 0 Å². The van der Waals surface area contributed by atoms with Gasteiger partial charge in [-0.15, -0.1) is 22.0 Å². The van der Waals surface area contributed by atoms with Gasteiger partial charge in [0.05, 0.1) is 12.2 Å². The quantitative estimate of drug-likeness (QED) is 0.873. The van der Waals surface area contributed by atoms with Gasteiger partial charge in [-0.1, -0.05) is 12.1 Å². The van der Waals surface area contributed by atoms with Crippen LogP contribution in [0.1, 0.15) is 10.4 Å². The second-order valence-corrected chi connectivity index (χ2v) is 5.22. The first-order chi connectivity index (χ1) is 10.2. The number of aromatic nitrogens is 2. The summed E-state index contributed by atoms with van der Waals surface area (Å²) in [5, 5.41) is 18.2. The number of carbonyl (C=O) groups is 1. The molecule has 1 aromatic heterocycles. The Morgan fingerprint density at radius 2 is 2.19 bits per heavy atom. The zero-order chi connectivity index (χ0) is 14.8. The highest BCUT2D eigenvalue weighted by Gasteiger charge is 2.25. The maximum absolute atomic E-state index is 11.5. The van der Waals surface area contributed by atoms with E-state index in [1.807, 2.05) is 35.4 Å². The van der Waals surface area contributed by atoms with Crippen LogP contribution >= 0.6 is 11.8 Å². The van der Waals surface area contributed by atoms with E-state index in [0.717, 1.165) is 11.4 Å². The van der Waals surface area contributed by atoms with Crippen LogP contribution in [0.5, 0.6) is 5.75 Å². The number of para-hydroxylation sites is 2. The Labute approximate surface area is 125 Å². The predicted molar refractivity (Wildman–Crippen MR) is 79.7 cm³/mol. The van der Waals surface area contributed by atoms with Crippen LogP contribution in [0.3, 0.4) is 0 Å². The van der Waals surface area contributed by atoms with E-state index in [1.54, 1.807) is 6.07 Å². The number of rotatable bonds is 3. The number of thioether (sulfide) groups is 1. The number of hydrogen-bond donors (Lipinski definition) is 1. The van der Waals surface area contributed by atoms with E-state index in [1.165, 1.54) is 11.8 Å². The first kappa shape index (κ1) is 13.7. The number of benzene rings is 1. The van der Waals surface area contributed by atoms with Gasteiger partial charge in [-0.05, 0) is 24.5 Å². The minimum absolute atomic E-state index is 0.144. The minimum atomic E-state index is -1.01. The van der Waals surface area contributed by atoms with E-state index in [4.69, 9.17) is 4.74 Å². The molecule has 1 N–H and O–H groups in total. The van der Waals surface area contributed by atoms with Crippen molar-refractivity contribution in [1.82, 2.24) is 10.2 Å². The summed E-state index contributed by atoms with van der Waals surface area (Å²) in [7, 11) is 0. The summed E-state index contributed by atoms with van der Waals surface area (Å²) < 4.78 is 5.58. The third-order valence-electron chi connectivity index (χ3n) is 3.18. The molecule has 7 heteroatoms. The molecule has 108 valence electrons. The molecular formula is C14H13N3O3S. The molecule has 0 saturated heterocycles. The molecule has 0 radical (unpaired) electrons. The van der Waals surface area contributed by atoms with Crippen LogP contribution in [0.2, 0.25) is 0 Å². The van der Waals surface area contributed by atoms with E-state index < -0.39 is 5.97 Å². The van der Waals surface area contributed by atoms with Crippen LogP contribution in [0.15, 0.2) is 35.4 Å². The molecule has 21 heavy (non-hydrogen) atoms. The highest BCUT2D eigenvalue weighted by Crippen LogP contribution is 2.36. The van der Waals surface area contributed by atoms with Crippen LogP contribution in [0, 0.1) is 0 Å². The summed E-state index contributed by atoms with van der Waals surface area (Å²) >= 11 is 1.36. The fraction of sp³-hybridized carbons (Fsp3) is 0.214. The Bertz CT molecular complexity index is 693. The molecule has 0 amide bonds. The molecule has 0 fully saturated rings. The van der Waals surface area contributed by atoms with E-state index in [-0.39, 0.29) is 5.56 Å². The normalized spacial score (nSPS) is 13.5. The molecule has 0 atom stereocenters. The first-order valence-electron chi connectivity index (χ1n) is 6.35. The number of carboxylic acids is 1. The molecule has 3 rings (SSSR count). The van der Waals surface area contributed by atoms with Crippen molar-refractivity contribution in [3.63, 3.8) is 0 Å². The number of ether oxygens (including phenoxy) is 1. The Hall–Kier alpha value is -2.28. The summed E-state index contributed by atoms with van der Waals surface area (Å²) in [5.41, 5.74) is 0.948. The molecule has 6 nitrogen and oxygen atoms in total. The maximum atomic E-state index is 11.5. The van der Waals surface area contributed by atoms with Gasteiger partial charge in [0.25, 0.3) is 0 Å². The lowest BCUT2D eigenvalue weighted by Crippen LogP contribution is -2.30. The van der Waals surface area contributed by atoms with Crippen molar-refractivity contribution in [1.29, 1.82) is 0 Å². The van der Waals surface area contributed by atoms with Crippen molar-refractivity contribution >= 4 is 29.2 Å². The summed E-state index contributed by atoms with van der Waals surface area (Å²) in [6, 6.07) is 9.04. The first-order valence-corrected chi connectivity index (χ1v) is 7.57. The van der Waals surface area contributed by atoms with Crippen LogP contribution < -0.4 is 9.64 Å². The van der Waals surface area contributed by atoms with Gasteiger partial charge in [0.1, 0.15) is 22.9 Å². The number of hydrogen-bond acceptors (Lipinski definition) is 6. The number of anilines is 2. The van der Waals surface area contributed by atoms with Gasteiger partial charge in [0.2, 0.25) is 0 Å². The highest BCUT2D eigenvalue weighted by molar-refractivity contribution is 7.98. The van der Waals surface area contributed by atoms with Gasteiger partial charge in [-0.3, -0.25) is 0 Å². The molecule has 2 aromatic rings. The summed E-state index contributed by atoms with van der Waals surface area (Å²) in [6.07, 6.45) is 1.83. The van der Waals surface area contributed by atoms with Crippen molar-refractivity contribution in [3.8, 4) is 5.75 Å². The average Bonchev–Trinajstić information content (AvgIpc) is 2.53. The number of fused-ring (bicyclic) bond motifs is 1. The summed E-state index contributed by atoms with van der Waals surface area (Å²) in [6.45, 7) is 1.01. The smallest absolute Gasteiger partial charge is 0.339 e. The average molecular weight is 303 g/mol. The molecule has 0 aliphatic carbocycles. The standard InChI is InChI=1S/C14H13N3O3S/c1-21-12-8-9(14(18)19)13(16-15-12)17-6-7-20-11-5-3-2-4-10(11)17/h2-5,8H,6-7H2,1H3,(H,18,19). The SMILES string of the molecule is CSc1cc(C(=O)O)c(N2CCOc3ccccc32)nn1. The molecule has 0 bridgehead atoms. The second kappa shape index (κ2) is 5.61. The fourth-order valence-electron chi connectivity index (χ4n) is 2.21. The third-order valence-corrected chi connectivity index (χ3v) is 3.79. The predicted octanol–water partition coefficient (Wildman–Crippen LogP) is 2.43. The molecule has 1 aliphatic heterocycles. The van der Waals surface area contributed by atoms with Crippen LogP contribution in [0.4, 0.5) is 11.5 Å². The van der Waals surface area contributed by atoms with Crippen molar-refractivity contribution < 1.29 is 14.6 Å². The van der Waals surface area contributed by atoms with Gasteiger partial charge in [0, 0.05) is 0 Å². The lowest BCUT2D eigenvalue weighted by molar-refractivity contribution is 0.0696. The van der Waals surface area contributed by atoms with E-state index in [0.29, 0.717) is 24.0 Å². The highest BCUT2D eigenvalue weighted by atomic mass is 32.2. The Kier molecular flexibility index (Phi) is 3.66. The maximum Gasteiger partial charge on any atom is 0.339 e. The van der Waals surface area contributed by atoms with Crippen LogP contribution in [0.25, 0.3) is 0 Å². The minimum Gasteiger partial charge on any atom is -0.490 e. The topological polar surface area (TPSA) is 75.5 Å². The lowest BCUT2D eigenvalue weighted by Gasteiger charge is -2.30. The molecule has 1 aromatic carbocycles. The van der Waals surface area contributed by atoms with Crippen LogP contribution in [-0.4, -0.2) is 40.7 Å². The molecule has 2 heterocycles. The van der Waals surface area contributed by atoms with E-state index in [2.05, 4.69) is 10.2 Å². The van der Waals surface area contributed by atoms with Crippen molar-refractivity contribution in [2.45, 2.75) is 5.03 Å². The van der Waals surface area contributed by atoms with Gasteiger partial charge in [0.15, 0.2) is 5.82 Å². The summed E-state index contributed by atoms with van der Waals surface area (Å²) in [4.78, 5) is 13.3. The Balaban J connectivity index is 2.11. The fourth-order valence-corrected chi connectivity index (χ4v) is 2.57. The number of aromatic carboxylic acids is 1. The van der Waals surface area contributed by atoms with Crippen LogP contribution in [-0.2, 0) is 0 Å². The number of carboxylic acid groups (broad SMARTS) is 1. The Morgan fingerprint density at radius 3 is 2.95 bits per heavy atom. The van der Waals surface area contributed by atoms with E-state index in [9.17, 15) is 9.90 Å². The lowest BCUT2D eigenvalue weighted by atomic mass is 10.2. The van der Waals surface area contributed by atoms with Crippen molar-refractivity contribution in [3.05, 3.63) is 35.9 Å². The van der Waals surface area contributed by atoms with Gasteiger partial charge < -0.3 is 14.7 Å². The third kappa shape index (κ3) is 2.52. The molecular weight excluding hydrogens is 290 g/mol.